The van der Waals surface area contributed by atoms with Crippen LogP contribution in [0.5, 0.6) is 0 Å². The van der Waals surface area contributed by atoms with Gasteiger partial charge < -0.3 is 4.90 Å². The van der Waals surface area contributed by atoms with Crippen LogP contribution in [0.3, 0.4) is 0 Å². The first-order chi connectivity index (χ1) is 12.5. The van der Waals surface area contributed by atoms with Crippen LogP contribution in [0.15, 0.2) is 59.5 Å². The average molecular weight is 396 g/mol. The molecule has 4 nitrogen and oxygen atoms in total. The van der Waals surface area contributed by atoms with Gasteiger partial charge in [-0.05, 0) is 17.7 Å². The summed E-state index contributed by atoms with van der Waals surface area (Å²) in [7, 11) is -3.26. The number of sulfonamides is 1. The Kier molecular flexibility index (Phi) is 6.69. The van der Waals surface area contributed by atoms with Crippen LogP contribution in [0.2, 0.25) is 0 Å². The maximum absolute atomic E-state index is 13.6. The highest BCUT2D eigenvalue weighted by molar-refractivity contribution is 7.99. The zero-order valence-corrected chi connectivity index (χ0v) is 16.2. The van der Waals surface area contributed by atoms with E-state index in [9.17, 15) is 12.8 Å². The lowest BCUT2D eigenvalue weighted by Gasteiger charge is -2.31. The van der Waals surface area contributed by atoms with Gasteiger partial charge in [-0.15, -0.1) is 11.8 Å². The highest BCUT2D eigenvalue weighted by Gasteiger charge is 2.28. The van der Waals surface area contributed by atoms with Crippen molar-refractivity contribution >= 4 is 21.8 Å². The molecule has 1 aliphatic heterocycles. The second-order valence-electron chi connectivity index (χ2n) is 6.42. The van der Waals surface area contributed by atoms with E-state index in [1.807, 2.05) is 36.4 Å². The molecule has 0 spiro atoms. The van der Waals surface area contributed by atoms with Crippen LogP contribution < -0.4 is 4.90 Å². The van der Waals surface area contributed by atoms with Gasteiger partial charge in [-0.3, -0.25) is 0 Å². The molecular weight excluding hydrogens is 371 g/mol. The van der Waals surface area contributed by atoms with Crippen LogP contribution in [-0.4, -0.2) is 51.2 Å². The van der Waals surface area contributed by atoms with E-state index in [0.29, 0.717) is 18.0 Å². The molecule has 1 fully saturated rings. The van der Waals surface area contributed by atoms with E-state index in [1.165, 1.54) is 22.7 Å². The van der Waals surface area contributed by atoms with E-state index in [2.05, 4.69) is 0 Å². The number of rotatable bonds is 7. The molecule has 0 saturated carbocycles. The number of hydrogen-bond acceptors (Lipinski definition) is 3. The number of halogens is 1. The van der Waals surface area contributed by atoms with Crippen LogP contribution in [0.4, 0.5) is 4.39 Å². The van der Waals surface area contributed by atoms with E-state index < -0.39 is 10.0 Å². The van der Waals surface area contributed by atoms with Crippen LogP contribution >= 0.6 is 11.8 Å². The largest absolute Gasteiger partial charge is 0.332 e. The van der Waals surface area contributed by atoms with Crippen molar-refractivity contribution in [2.24, 2.45) is 0 Å². The van der Waals surface area contributed by atoms with Crippen LogP contribution in [0.1, 0.15) is 5.56 Å². The molecule has 0 bridgehead atoms. The van der Waals surface area contributed by atoms with Crippen LogP contribution in [0, 0.1) is 5.82 Å². The lowest BCUT2D eigenvalue weighted by molar-refractivity contribution is -0.901. The summed E-state index contributed by atoms with van der Waals surface area (Å²) in [5.41, 5.74) is 0.823. The zero-order chi connectivity index (χ0) is 18.4. The normalized spacial score (nSPS) is 16.7. The summed E-state index contributed by atoms with van der Waals surface area (Å²) in [6, 6.07) is 16.1. The van der Waals surface area contributed by atoms with Crippen molar-refractivity contribution in [3.8, 4) is 0 Å². The van der Waals surface area contributed by atoms with Gasteiger partial charge in [-0.2, -0.15) is 4.31 Å². The summed E-state index contributed by atoms with van der Waals surface area (Å²) in [6.45, 7) is 3.60. The average Bonchev–Trinajstić information content (AvgIpc) is 2.64. The minimum Gasteiger partial charge on any atom is -0.332 e. The number of hydrogen-bond donors (Lipinski definition) is 1. The summed E-state index contributed by atoms with van der Waals surface area (Å²) in [5.74, 6) is 0.712. The summed E-state index contributed by atoms with van der Waals surface area (Å²) in [4.78, 5) is 2.05. The minimum absolute atomic E-state index is 0.0618. The smallest absolute Gasteiger partial charge is 0.218 e. The Morgan fingerprint density at radius 1 is 1.00 bits per heavy atom. The van der Waals surface area contributed by atoms with E-state index in [4.69, 9.17) is 0 Å². The van der Waals surface area contributed by atoms with E-state index in [-0.39, 0.29) is 11.6 Å². The van der Waals surface area contributed by atoms with Crippen molar-refractivity contribution < 1.29 is 17.7 Å². The maximum atomic E-state index is 13.6. The molecule has 0 unspecified atom stereocenters. The highest BCUT2D eigenvalue weighted by atomic mass is 32.2. The molecule has 0 aromatic heterocycles. The molecule has 1 aliphatic rings. The first-order valence-electron chi connectivity index (χ1n) is 8.77. The summed E-state index contributed by atoms with van der Waals surface area (Å²) in [6.07, 6.45) is 0. The fourth-order valence-corrected chi connectivity index (χ4v) is 5.60. The molecule has 1 N–H and O–H groups in total. The molecule has 0 radical (unpaired) electrons. The third-order valence-corrected chi connectivity index (χ3v) is 7.47. The Morgan fingerprint density at radius 3 is 2.35 bits per heavy atom. The first-order valence-corrected chi connectivity index (χ1v) is 11.4. The second kappa shape index (κ2) is 8.99. The molecule has 7 heteroatoms. The number of quaternary nitrogens is 1. The van der Waals surface area contributed by atoms with Gasteiger partial charge in [0.25, 0.3) is 0 Å². The Bertz CT molecular complexity index is 807. The van der Waals surface area contributed by atoms with Gasteiger partial charge in [0.05, 0.1) is 38.5 Å². The van der Waals surface area contributed by atoms with Gasteiger partial charge in [0, 0.05) is 10.6 Å². The van der Waals surface area contributed by atoms with Crippen LogP contribution in [0.25, 0.3) is 0 Å². The fourth-order valence-electron chi connectivity index (χ4n) is 3.07. The molecular formula is C19H24FN2O2S2+. The predicted molar refractivity (Wildman–Crippen MR) is 103 cm³/mol. The molecule has 140 valence electrons. The Morgan fingerprint density at radius 2 is 1.65 bits per heavy atom. The third-order valence-electron chi connectivity index (χ3n) is 4.56. The van der Waals surface area contributed by atoms with Crippen LogP contribution in [-0.2, 0) is 15.8 Å². The van der Waals surface area contributed by atoms with Crippen molar-refractivity contribution in [2.75, 3.05) is 38.5 Å². The number of nitrogens with one attached hydrogen (secondary N) is 1. The molecule has 2 aromatic carbocycles. The summed E-state index contributed by atoms with van der Waals surface area (Å²) < 4.78 is 40.4. The molecule has 1 saturated heterocycles. The molecule has 1 heterocycles. The van der Waals surface area contributed by atoms with Crippen molar-refractivity contribution in [1.82, 2.24) is 4.31 Å². The minimum atomic E-state index is -3.26. The van der Waals surface area contributed by atoms with Gasteiger partial charge in [0.1, 0.15) is 5.82 Å². The van der Waals surface area contributed by atoms with Gasteiger partial charge in [0.15, 0.2) is 0 Å². The number of nitrogens with zero attached hydrogens (tertiary/aromatic N) is 1. The molecule has 0 aliphatic carbocycles. The lowest BCUT2D eigenvalue weighted by atomic mass is 10.2. The lowest BCUT2D eigenvalue weighted by Crippen LogP contribution is -3.15. The molecule has 0 atom stereocenters. The molecule has 2 aromatic rings. The quantitative estimate of drug-likeness (QED) is 0.725. The van der Waals surface area contributed by atoms with Crippen molar-refractivity contribution in [3.05, 3.63) is 66.0 Å². The predicted octanol–water partition coefficient (Wildman–Crippen LogP) is 1.65. The monoisotopic (exact) mass is 395 g/mol. The third kappa shape index (κ3) is 5.30. The van der Waals surface area contributed by atoms with Crippen molar-refractivity contribution in [2.45, 2.75) is 10.6 Å². The second-order valence-corrected chi connectivity index (χ2v) is 9.53. The molecule has 3 rings (SSSR count). The Labute approximate surface area is 159 Å². The zero-order valence-electron chi connectivity index (χ0n) is 14.6. The highest BCUT2D eigenvalue weighted by Crippen LogP contribution is 2.20. The number of benzene rings is 2. The van der Waals surface area contributed by atoms with Gasteiger partial charge >= 0.3 is 0 Å². The maximum Gasteiger partial charge on any atom is 0.218 e. The topological polar surface area (TPSA) is 41.8 Å². The standard InChI is InChI=1S/C19H23FN2O2S2/c20-18-8-4-5-9-19(18)25-15-14-21-10-12-22(13-11-21)26(23,24)16-17-6-2-1-3-7-17/h1-9H,10-16H2/p+1. The van der Waals surface area contributed by atoms with E-state index in [1.54, 1.807) is 16.4 Å². The van der Waals surface area contributed by atoms with Gasteiger partial charge in [-0.1, -0.05) is 42.5 Å². The molecule has 0 amide bonds. The first kappa shape index (κ1) is 19.4. The summed E-state index contributed by atoms with van der Waals surface area (Å²) >= 11 is 1.52. The SMILES string of the molecule is O=S(=O)(Cc1ccccc1)N1CC[NH+](CCSc2ccccc2F)CC1. The van der Waals surface area contributed by atoms with Gasteiger partial charge in [0.2, 0.25) is 10.0 Å². The number of piperazine rings is 1. The summed E-state index contributed by atoms with van der Waals surface area (Å²) in [5, 5.41) is 0. The van der Waals surface area contributed by atoms with Crippen molar-refractivity contribution in [1.29, 1.82) is 0 Å². The van der Waals surface area contributed by atoms with Crippen molar-refractivity contribution in [3.63, 3.8) is 0 Å². The fraction of sp³-hybridized carbons (Fsp3) is 0.368. The molecule has 26 heavy (non-hydrogen) atoms. The van der Waals surface area contributed by atoms with Gasteiger partial charge in [-0.25, -0.2) is 12.8 Å². The number of thioether (sulfide) groups is 1. The Balaban J connectivity index is 1.44. The van der Waals surface area contributed by atoms with E-state index >= 15 is 0 Å². The van der Waals surface area contributed by atoms with E-state index in [0.717, 1.165) is 31.0 Å². The Hall–Kier alpha value is -1.41.